The molecule has 2 aliphatic heterocycles. The number of hydrogen-bond acceptors (Lipinski definition) is 2. The predicted molar refractivity (Wildman–Crippen MR) is 92.1 cm³/mol. The summed E-state index contributed by atoms with van der Waals surface area (Å²) < 4.78 is 0. The Morgan fingerprint density at radius 1 is 1.14 bits per heavy atom. The maximum atomic E-state index is 12.0. The molecule has 1 aromatic rings. The molecule has 0 unspecified atom stereocenters. The Kier molecular flexibility index (Phi) is 6.01. The fourth-order valence-electron chi connectivity index (χ4n) is 2.98. The van der Waals surface area contributed by atoms with E-state index in [4.69, 9.17) is 0 Å². The number of carbonyl (C=O) groups is 1. The van der Waals surface area contributed by atoms with Gasteiger partial charge in [-0.3, -0.25) is 9.69 Å². The average molecular weight is 302 g/mol. The summed E-state index contributed by atoms with van der Waals surface area (Å²) in [5.74, 6) is 0.893. The van der Waals surface area contributed by atoms with Crippen LogP contribution in [0.4, 0.5) is 0 Å². The Morgan fingerprint density at radius 2 is 1.86 bits per heavy atom. The largest absolute Gasteiger partial charge is 0.341 e. The van der Waals surface area contributed by atoms with Gasteiger partial charge in [-0.25, -0.2) is 0 Å². The molecular weight excluding hydrogens is 272 g/mol. The molecule has 0 aromatic heterocycles. The second-order valence-electron chi connectivity index (χ2n) is 6.38. The van der Waals surface area contributed by atoms with Crippen molar-refractivity contribution in [2.45, 2.75) is 53.0 Å². The first kappa shape index (κ1) is 17.0. The van der Waals surface area contributed by atoms with Gasteiger partial charge in [-0.15, -0.1) is 0 Å². The van der Waals surface area contributed by atoms with E-state index >= 15 is 0 Å². The number of hydrogen-bond donors (Lipinski definition) is 0. The minimum Gasteiger partial charge on any atom is -0.341 e. The zero-order chi connectivity index (χ0) is 16.1. The lowest BCUT2D eigenvalue weighted by Crippen LogP contribution is -2.47. The minimum atomic E-state index is 0.304. The van der Waals surface area contributed by atoms with E-state index in [1.54, 1.807) is 0 Å². The molecule has 0 atom stereocenters. The summed E-state index contributed by atoms with van der Waals surface area (Å²) in [6.07, 6.45) is 2.25. The Bertz CT molecular complexity index is 506. The van der Waals surface area contributed by atoms with Gasteiger partial charge < -0.3 is 4.90 Å². The highest BCUT2D eigenvalue weighted by molar-refractivity contribution is 5.79. The first-order valence-electron chi connectivity index (χ1n) is 8.75. The summed E-state index contributed by atoms with van der Waals surface area (Å²) in [6.45, 7) is 12.9. The summed E-state index contributed by atoms with van der Waals surface area (Å²) in [7, 11) is 0. The van der Waals surface area contributed by atoms with Crippen LogP contribution in [0.1, 0.15) is 56.7 Å². The molecule has 0 bridgehead atoms. The van der Waals surface area contributed by atoms with Crippen LogP contribution in [0.3, 0.4) is 0 Å². The van der Waals surface area contributed by atoms with Crippen molar-refractivity contribution in [3.63, 3.8) is 0 Å². The van der Waals surface area contributed by atoms with Gasteiger partial charge in [-0.2, -0.15) is 0 Å². The first-order valence-corrected chi connectivity index (χ1v) is 8.75. The molecule has 1 fully saturated rings. The van der Waals surface area contributed by atoms with Gasteiger partial charge in [0.05, 0.1) is 6.54 Å². The van der Waals surface area contributed by atoms with Crippen molar-refractivity contribution in [1.29, 1.82) is 0 Å². The number of nitrogens with zero attached hydrogens (tertiary/aromatic N) is 2. The van der Waals surface area contributed by atoms with Crippen LogP contribution in [0.2, 0.25) is 0 Å². The van der Waals surface area contributed by atoms with E-state index in [2.05, 4.69) is 36.9 Å². The van der Waals surface area contributed by atoms with Gasteiger partial charge in [-0.05, 0) is 35.4 Å². The summed E-state index contributed by atoms with van der Waals surface area (Å²) in [4.78, 5) is 16.3. The third kappa shape index (κ3) is 3.89. The van der Waals surface area contributed by atoms with Crippen LogP contribution < -0.4 is 0 Å². The molecule has 1 saturated heterocycles. The van der Waals surface area contributed by atoms with E-state index in [0.29, 0.717) is 18.4 Å². The van der Waals surface area contributed by atoms with Crippen molar-refractivity contribution in [2.75, 3.05) is 26.2 Å². The Labute approximate surface area is 135 Å². The lowest BCUT2D eigenvalue weighted by Gasteiger charge is -2.35. The lowest BCUT2D eigenvalue weighted by atomic mass is 9.93. The number of rotatable bonds is 3. The smallest absolute Gasteiger partial charge is 0.236 e. The van der Waals surface area contributed by atoms with Crippen LogP contribution in [0.25, 0.3) is 0 Å². The molecule has 3 heteroatoms. The monoisotopic (exact) mass is 302 g/mol. The van der Waals surface area contributed by atoms with Crippen LogP contribution in [-0.2, 0) is 17.8 Å². The zero-order valence-corrected chi connectivity index (χ0v) is 14.6. The van der Waals surface area contributed by atoms with Crippen LogP contribution >= 0.6 is 0 Å². The fourth-order valence-corrected chi connectivity index (χ4v) is 2.98. The topological polar surface area (TPSA) is 23.6 Å². The Morgan fingerprint density at radius 3 is 2.45 bits per heavy atom. The molecule has 2 aliphatic rings. The van der Waals surface area contributed by atoms with Crippen molar-refractivity contribution in [3.05, 3.63) is 34.9 Å². The number of fused-ring (bicyclic) bond motifs is 1. The van der Waals surface area contributed by atoms with E-state index in [1.165, 1.54) is 23.1 Å². The quantitative estimate of drug-likeness (QED) is 0.854. The van der Waals surface area contributed by atoms with Crippen molar-refractivity contribution in [3.8, 4) is 0 Å². The molecule has 2 heterocycles. The summed E-state index contributed by atoms with van der Waals surface area (Å²) in [5.41, 5.74) is 4.30. The van der Waals surface area contributed by atoms with Crippen molar-refractivity contribution in [1.82, 2.24) is 9.80 Å². The van der Waals surface area contributed by atoms with Gasteiger partial charge in [0.15, 0.2) is 0 Å². The molecule has 122 valence electrons. The lowest BCUT2D eigenvalue weighted by molar-refractivity contribution is -0.136. The van der Waals surface area contributed by atoms with E-state index in [-0.39, 0.29) is 0 Å². The second-order valence-corrected chi connectivity index (χ2v) is 6.38. The summed E-state index contributed by atoms with van der Waals surface area (Å²) in [6, 6.07) is 6.85. The highest BCUT2D eigenvalue weighted by Gasteiger charge is 2.24. The third-order valence-electron chi connectivity index (χ3n) is 4.56. The van der Waals surface area contributed by atoms with Crippen LogP contribution in [0.15, 0.2) is 18.2 Å². The van der Waals surface area contributed by atoms with Gasteiger partial charge >= 0.3 is 0 Å². The number of amides is 1. The predicted octanol–water partition coefficient (Wildman–Crippen LogP) is 3.43. The van der Waals surface area contributed by atoms with Gasteiger partial charge in [0.2, 0.25) is 5.91 Å². The molecule has 0 saturated carbocycles. The molecule has 0 spiro atoms. The van der Waals surface area contributed by atoms with E-state index in [9.17, 15) is 4.79 Å². The Balaban J connectivity index is 0.000000847. The van der Waals surface area contributed by atoms with Crippen molar-refractivity contribution >= 4 is 5.91 Å². The maximum Gasteiger partial charge on any atom is 0.236 e. The van der Waals surface area contributed by atoms with E-state index in [1.807, 2.05) is 18.7 Å². The van der Waals surface area contributed by atoms with Crippen molar-refractivity contribution < 1.29 is 4.79 Å². The van der Waals surface area contributed by atoms with Crippen molar-refractivity contribution in [2.24, 2.45) is 0 Å². The third-order valence-corrected chi connectivity index (χ3v) is 4.56. The highest BCUT2D eigenvalue weighted by Crippen LogP contribution is 2.24. The van der Waals surface area contributed by atoms with Gasteiger partial charge in [-0.1, -0.05) is 45.9 Å². The minimum absolute atomic E-state index is 0.304. The molecule has 3 nitrogen and oxygen atoms in total. The molecule has 0 aliphatic carbocycles. The fraction of sp³-hybridized carbons (Fsp3) is 0.632. The summed E-state index contributed by atoms with van der Waals surface area (Å²) >= 11 is 0. The molecular formula is C19H30N2O. The van der Waals surface area contributed by atoms with Gasteiger partial charge in [0.25, 0.3) is 0 Å². The number of benzene rings is 1. The zero-order valence-electron chi connectivity index (χ0n) is 14.6. The van der Waals surface area contributed by atoms with Crippen LogP contribution in [-0.4, -0.2) is 41.9 Å². The standard InChI is InChI=1S/C17H24N2O.C2H6/c1-13(2)14-4-5-16-11-18(9-6-15(16)10-14)12-17(20)19-7-3-8-19;1-2/h4-5,10,13H,3,6-9,11-12H2,1-2H3;1-2H3. The highest BCUT2D eigenvalue weighted by atomic mass is 16.2. The maximum absolute atomic E-state index is 12.0. The van der Waals surface area contributed by atoms with E-state index in [0.717, 1.165) is 32.6 Å². The molecule has 0 radical (unpaired) electrons. The number of carbonyl (C=O) groups excluding carboxylic acids is 1. The summed E-state index contributed by atoms with van der Waals surface area (Å²) in [5, 5.41) is 0. The normalized spacial score (nSPS) is 17.4. The molecule has 1 amide bonds. The van der Waals surface area contributed by atoms with Crippen LogP contribution in [0.5, 0.6) is 0 Å². The SMILES string of the molecule is CC.CC(C)c1ccc2c(c1)CCN(CC(=O)N1CCC1)C2. The second kappa shape index (κ2) is 7.77. The first-order chi connectivity index (χ1) is 10.6. The van der Waals surface area contributed by atoms with E-state index < -0.39 is 0 Å². The molecule has 22 heavy (non-hydrogen) atoms. The number of likely N-dealkylation sites (tertiary alicyclic amines) is 1. The van der Waals surface area contributed by atoms with Gasteiger partial charge in [0, 0.05) is 26.2 Å². The molecule has 1 aromatic carbocycles. The van der Waals surface area contributed by atoms with Gasteiger partial charge in [0.1, 0.15) is 0 Å². The average Bonchev–Trinajstić information content (AvgIpc) is 2.46. The van der Waals surface area contributed by atoms with Crippen LogP contribution in [0, 0.1) is 0 Å². The molecule has 0 N–H and O–H groups in total. The Hall–Kier alpha value is -1.35. The molecule has 3 rings (SSSR count).